The fourth-order valence-electron chi connectivity index (χ4n) is 4.15. The van der Waals surface area contributed by atoms with E-state index in [0.717, 1.165) is 18.4 Å². The van der Waals surface area contributed by atoms with Crippen LogP contribution in [0.1, 0.15) is 37.4 Å². The molecule has 0 saturated carbocycles. The molecule has 0 spiro atoms. The number of fused-ring (bicyclic) bond motifs is 1. The van der Waals surface area contributed by atoms with E-state index in [1.807, 2.05) is 19.1 Å². The van der Waals surface area contributed by atoms with E-state index in [0.29, 0.717) is 11.9 Å². The Bertz CT molecular complexity index is 1270. The summed E-state index contributed by atoms with van der Waals surface area (Å²) in [5, 5.41) is 38.4. The number of nitrogens with one attached hydrogen (secondary N) is 1. The second-order valence-electron chi connectivity index (χ2n) is 8.56. The number of ether oxygens (including phenoxy) is 2. The Morgan fingerprint density at radius 1 is 1.25 bits per heavy atom. The van der Waals surface area contributed by atoms with E-state index in [9.17, 15) is 25.1 Å². The van der Waals surface area contributed by atoms with Gasteiger partial charge in [0.1, 0.15) is 42.8 Å². The number of hydrogen-bond donors (Lipinski definition) is 3. The van der Waals surface area contributed by atoms with Crippen molar-refractivity contribution in [3.63, 3.8) is 0 Å². The Balaban J connectivity index is 1.53. The van der Waals surface area contributed by atoms with Gasteiger partial charge in [0.2, 0.25) is 11.5 Å². The lowest BCUT2D eigenvalue weighted by atomic mass is 9.92. The largest absolute Gasteiger partial charge is 0.463 e. The summed E-state index contributed by atoms with van der Waals surface area (Å²) in [6.45, 7) is 1.63. The highest BCUT2D eigenvalue weighted by molar-refractivity contribution is 5.93. The number of rotatable bonds is 9. The summed E-state index contributed by atoms with van der Waals surface area (Å²) in [5.74, 6) is -0.504. The minimum Gasteiger partial charge on any atom is -0.463 e. The number of aromatic nitrogens is 3. The summed E-state index contributed by atoms with van der Waals surface area (Å²) in [7, 11) is 0. The van der Waals surface area contributed by atoms with Gasteiger partial charge in [-0.15, -0.1) is 0 Å². The van der Waals surface area contributed by atoms with Gasteiger partial charge in [0.05, 0.1) is 12.1 Å². The molecule has 1 aliphatic rings. The summed E-state index contributed by atoms with van der Waals surface area (Å²) in [4.78, 5) is 28.6. The predicted octanol–water partition coefficient (Wildman–Crippen LogP) is 1.48. The lowest BCUT2D eigenvalue weighted by molar-refractivity contribution is -0.149. The van der Waals surface area contributed by atoms with E-state index in [-0.39, 0.29) is 30.4 Å². The van der Waals surface area contributed by atoms with Gasteiger partial charge in [-0.25, -0.2) is 9.50 Å². The van der Waals surface area contributed by atoms with Crippen LogP contribution in [-0.2, 0) is 31.1 Å². The second kappa shape index (κ2) is 10.8. The summed E-state index contributed by atoms with van der Waals surface area (Å²) in [6, 6.07) is 14.1. The van der Waals surface area contributed by atoms with Crippen LogP contribution in [-0.4, -0.2) is 61.6 Å². The van der Waals surface area contributed by atoms with E-state index >= 15 is 0 Å². The molecule has 1 amide bonds. The van der Waals surface area contributed by atoms with Gasteiger partial charge < -0.3 is 25.0 Å². The molecule has 1 fully saturated rings. The highest BCUT2D eigenvalue weighted by Crippen LogP contribution is 2.40. The van der Waals surface area contributed by atoms with Crippen molar-refractivity contribution in [2.75, 3.05) is 11.9 Å². The van der Waals surface area contributed by atoms with Crippen molar-refractivity contribution in [1.82, 2.24) is 14.6 Å². The van der Waals surface area contributed by atoms with Crippen LogP contribution in [0.15, 0.2) is 48.8 Å². The Kier molecular flexibility index (Phi) is 7.59. The zero-order valence-corrected chi connectivity index (χ0v) is 19.7. The first-order valence-electron chi connectivity index (χ1n) is 11.7. The van der Waals surface area contributed by atoms with Crippen LogP contribution in [0.4, 0.5) is 5.82 Å². The van der Waals surface area contributed by atoms with Gasteiger partial charge in [0.25, 0.3) is 0 Å². The van der Waals surface area contributed by atoms with Crippen LogP contribution in [0.25, 0.3) is 5.52 Å². The summed E-state index contributed by atoms with van der Waals surface area (Å²) in [6.07, 6.45) is -1.15. The Hall–Kier alpha value is -3.85. The lowest BCUT2D eigenvalue weighted by Gasteiger charge is -2.24. The fraction of sp³-hybridized carbons (Fsp3) is 0.400. The summed E-state index contributed by atoms with van der Waals surface area (Å²) < 4.78 is 12.4. The number of carbonyl (C=O) groups is 2. The standard InChI is InChI=1S/C25H27N5O6/c1-2-3-9-20(31)29-24-17-10-11-19(30(17)28-15-27-24)25(14-26)23(34)22(33)18(36-25)13-35-21(32)12-16-7-5-4-6-8-16/h4-8,10-11,15,18,22-23,33-34H,2-3,9,12-13H2,1H3,(H,27,28,29,31)/t18-,22-,23-,25+/m1/s1. The van der Waals surface area contributed by atoms with E-state index in [2.05, 4.69) is 15.4 Å². The smallest absolute Gasteiger partial charge is 0.310 e. The van der Waals surface area contributed by atoms with Crippen molar-refractivity contribution in [3.8, 4) is 6.07 Å². The molecule has 11 nitrogen and oxygen atoms in total. The predicted molar refractivity (Wildman–Crippen MR) is 126 cm³/mol. The number of aliphatic hydroxyl groups is 2. The number of amides is 1. The number of anilines is 1. The first kappa shape index (κ1) is 25.2. The third kappa shape index (κ3) is 4.92. The van der Waals surface area contributed by atoms with Crippen molar-refractivity contribution in [3.05, 3.63) is 60.0 Å². The zero-order valence-electron chi connectivity index (χ0n) is 19.7. The maximum atomic E-state index is 12.2. The normalized spacial score (nSPS) is 23.3. The SMILES string of the molecule is CCCCC(=O)Nc1ncnn2c([C@]3(C#N)O[C@H](COC(=O)Cc4ccccc4)[C@@H](O)[C@H]3O)ccc12. The number of benzene rings is 1. The summed E-state index contributed by atoms with van der Waals surface area (Å²) >= 11 is 0. The van der Waals surface area contributed by atoms with Gasteiger partial charge >= 0.3 is 5.97 Å². The van der Waals surface area contributed by atoms with E-state index < -0.39 is 29.9 Å². The number of nitrogens with zero attached hydrogens (tertiary/aromatic N) is 4. The molecule has 4 atom stereocenters. The molecule has 0 aliphatic carbocycles. The lowest BCUT2D eigenvalue weighted by Crippen LogP contribution is -2.41. The zero-order chi connectivity index (χ0) is 25.7. The van der Waals surface area contributed by atoms with Crippen LogP contribution in [0.5, 0.6) is 0 Å². The van der Waals surface area contributed by atoms with Crippen LogP contribution >= 0.6 is 0 Å². The van der Waals surface area contributed by atoms with Crippen molar-refractivity contribution in [2.24, 2.45) is 0 Å². The minimum absolute atomic E-state index is 0.0304. The van der Waals surface area contributed by atoms with Gasteiger partial charge in [-0.1, -0.05) is 43.7 Å². The van der Waals surface area contributed by atoms with Crippen LogP contribution in [0.3, 0.4) is 0 Å². The molecule has 3 aromatic rings. The molecule has 188 valence electrons. The van der Waals surface area contributed by atoms with Crippen molar-refractivity contribution < 1.29 is 29.3 Å². The number of hydrogen-bond acceptors (Lipinski definition) is 9. The van der Waals surface area contributed by atoms with E-state index in [1.54, 1.807) is 30.3 Å². The molecular formula is C25H27N5O6. The maximum Gasteiger partial charge on any atom is 0.310 e. The Morgan fingerprint density at radius 2 is 2.03 bits per heavy atom. The highest BCUT2D eigenvalue weighted by atomic mass is 16.6. The third-order valence-corrected chi connectivity index (χ3v) is 6.07. The molecule has 0 radical (unpaired) electrons. The van der Waals surface area contributed by atoms with Crippen molar-refractivity contribution >= 4 is 23.2 Å². The maximum absolute atomic E-state index is 12.2. The van der Waals surface area contributed by atoms with Crippen LogP contribution in [0, 0.1) is 11.3 Å². The molecule has 2 aromatic heterocycles. The molecule has 0 bridgehead atoms. The average molecular weight is 494 g/mol. The quantitative estimate of drug-likeness (QED) is 0.375. The van der Waals surface area contributed by atoms with Crippen LogP contribution in [0.2, 0.25) is 0 Å². The first-order chi connectivity index (χ1) is 17.4. The second-order valence-corrected chi connectivity index (χ2v) is 8.56. The average Bonchev–Trinajstić information content (AvgIpc) is 3.43. The number of esters is 1. The molecule has 4 rings (SSSR count). The molecule has 1 aliphatic heterocycles. The van der Waals surface area contributed by atoms with Gasteiger partial charge in [-0.3, -0.25) is 9.59 Å². The molecular weight excluding hydrogens is 466 g/mol. The van der Waals surface area contributed by atoms with Crippen molar-refractivity contribution in [2.45, 2.75) is 56.5 Å². The third-order valence-electron chi connectivity index (χ3n) is 6.07. The molecule has 36 heavy (non-hydrogen) atoms. The summed E-state index contributed by atoms with van der Waals surface area (Å²) in [5.41, 5.74) is -0.718. The number of aliphatic hydroxyl groups excluding tert-OH is 2. The Morgan fingerprint density at radius 3 is 2.75 bits per heavy atom. The van der Waals surface area contributed by atoms with Crippen molar-refractivity contribution in [1.29, 1.82) is 5.26 Å². The number of unbranched alkanes of at least 4 members (excludes halogenated alkanes) is 1. The first-order valence-corrected chi connectivity index (χ1v) is 11.7. The monoisotopic (exact) mass is 493 g/mol. The molecule has 3 heterocycles. The van der Waals surface area contributed by atoms with E-state index in [4.69, 9.17) is 9.47 Å². The molecule has 11 heteroatoms. The molecule has 1 aromatic carbocycles. The van der Waals surface area contributed by atoms with E-state index in [1.165, 1.54) is 16.9 Å². The number of nitriles is 1. The minimum atomic E-state index is -2.00. The van der Waals surface area contributed by atoms with Crippen LogP contribution < -0.4 is 5.32 Å². The number of carbonyl (C=O) groups excluding carboxylic acids is 2. The topological polar surface area (TPSA) is 159 Å². The van der Waals surface area contributed by atoms with Gasteiger partial charge in [0.15, 0.2) is 5.82 Å². The molecule has 3 N–H and O–H groups in total. The fourth-order valence-corrected chi connectivity index (χ4v) is 4.15. The molecule has 1 saturated heterocycles. The van der Waals surface area contributed by atoms with Gasteiger partial charge in [-0.2, -0.15) is 10.4 Å². The molecule has 0 unspecified atom stereocenters. The highest BCUT2D eigenvalue weighted by Gasteiger charge is 2.57. The van der Waals surface area contributed by atoms with Gasteiger partial charge in [0, 0.05) is 6.42 Å². The van der Waals surface area contributed by atoms with Gasteiger partial charge in [-0.05, 0) is 24.1 Å². The Labute approximate surface area is 207 Å².